The SMILES string of the molecule is CCc1nc(-c2ccc(OC)cc2Cl)c(CC)nc1NC1CN(C(=O)OCc2ccccc2)CC1OCCF. The van der Waals surface area contributed by atoms with Gasteiger partial charge in [-0.2, -0.15) is 0 Å². The van der Waals surface area contributed by atoms with Gasteiger partial charge in [0.05, 0.1) is 54.5 Å². The molecule has 0 spiro atoms. The Balaban J connectivity index is 1.55. The van der Waals surface area contributed by atoms with Gasteiger partial charge in [0.15, 0.2) is 0 Å². The lowest BCUT2D eigenvalue weighted by atomic mass is 10.1. The van der Waals surface area contributed by atoms with Crippen molar-refractivity contribution in [3.05, 3.63) is 70.5 Å². The van der Waals surface area contributed by atoms with E-state index in [-0.39, 0.29) is 25.8 Å². The number of rotatable bonds is 11. The van der Waals surface area contributed by atoms with Crippen LogP contribution < -0.4 is 10.1 Å². The maximum Gasteiger partial charge on any atom is 0.410 e. The van der Waals surface area contributed by atoms with Crippen molar-refractivity contribution < 1.29 is 23.4 Å². The third kappa shape index (κ3) is 6.96. The van der Waals surface area contributed by atoms with Gasteiger partial charge in [-0.1, -0.05) is 55.8 Å². The predicted octanol–water partition coefficient (Wildman–Crippen LogP) is 5.72. The number of carbonyl (C=O) groups excluding carboxylic acids is 1. The first kappa shape index (κ1) is 28.6. The molecule has 1 saturated heterocycles. The van der Waals surface area contributed by atoms with E-state index in [1.165, 1.54) is 0 Å². The van der Waals surface area contributed by atoms with Crippen molar-refractivity contribution in [2.75, 3.05) is 38.8 Å². The quantitative estimate of drug-likeness (QED) is 0.323. The Morgan fingerprint density at radius 3 is 2.54 bits per heavy atom. The molecule has 4 rings (SSSR count). The lowest BCUT2D eigenvalue weighted by molar-refractivity contribution is 0.0424. The van der Waals surface area contributed by atoms with Crippen LogP contribution in [0, 0.1) is 0 Å². The van der Waals surface area contributed by atoms with E-state index in [4.69, 9.17) is 35.8 Å². The molecule has 2 atom stereocenters. The summed E-state index contributed by atoms with van der Waals surface area (Å²) in [5.41, 5.74) is 3.93. The van der Waals surface area contributed by atoms with Gasteiger partial charge in [-0.25, -0.2) is 19.2 Å². The van der Waals surface area contributed by atoms with Crippen molar-refractivity contribution in [3.63, 3.8) is 0 Å². The van der Waals surface area contributed by atoms with Crippen molar-refractivity contribution in [1.82, 2.24) is 14.9 Å². The molecule has 0 saturated carbocycles. The summed E-state index contributed by atoms with van der Waals surface area (Å²) in [5, 5.41) is 3.97. The number of anilines is 1. The molecule has 208 valence electrons. The van der Waals surface area contributed by atoms with Crippen LogP contribution in [0.25, 0.3) is 11.3 Å². The van der Waals surface area contributed by atoms with Crippen LogP contribution in [0.5, 0.6) is 5.75 Å². The minimum Gasteiger partial charge on any atom is -0.497 e. The number of methoxy groups -OCH3 is 1. The second-order valence-electron chi connectivity index (χ2n) is 9.16. The topological polar surface area (TPSA) is 85.8 Å². The van der Waals surface area contributed by atoms with Crippen LogP contribution in [-0.2, 0) is 28.9 Å². The van der Waals surface area contributed by atoms with E-state index in [2.05, 4.69) is 5.32 Å². The van der Waals surface area contributed by atoms with Crippen LogP contribution in [0.3, 0.4) is 0 Å². The maximum atomic E-state index is 13.0. The third-order valence-electron chi connectivity index (χ3n) is 6.60. The summed E-state index contributed by atoms with van der Waals surface area (Å²) >= 11 is 6.56. The zero-order chi connectivity index (χ0) is 27.8. The summed E-state index contributed by atoms with van der Waals surface area (Å²) in [5.74, 6) is 1.28. The van der Waals surface area contributed by atoms with E-state index in [0.29, 0.717) is 36.0 Å². The average molecular weight is 557 g/mol. The van der Waals surface area contributed by atoms with Crippen molar-refractivity contribution in [1.29, 1.82) is 0 Å². The molecule has 2 unspecified atom stereocenters. The molecule has 1 amide bonds. The molecule has 1 N–H and O–H groups in total. The van der Waals surface area contributed by atoms with E-state index >= 15 is 0 Å². The number of hydrogen-bond acceptors (Lipinski definition) is 7. The van der Waals surface area contributed by atoms with Gasteiger partial charge in [0, 0.05) is 12.1 Å². The number of halogens is 2. The van der Waals surface area contributed by atoms with Crippen molar-refractivity contribution in [2.24, 2.45) is 0 Å². The third-order valence-corrected chi connectivity index (χ3v) is 6.91. The van der Waals surface area contributed by atoms with Gasteiger partial charge in [0.2, 0.25) is 0 Å². The number of aryl methyl sites for hydroxylation is 2. The highest BCUT2D eigenvalue weighted by Crippen LogP contribution is 2.33. The first-order chi connectivity index (χ1) is 19.0. The van der Waals surface area contributed by atoms with Crippen LogP contribution in [0.2, 0.25) is 5.02 Å². The molecule has 2 aromatic carbocycles. The highest BCUT2D eigenvalue weighted by atomic mass is 35.5. The summed E-state index contributed by atoms with van der Waals surface area (Å²) in [7, 11) is 1.59. The minimum absolute atomic E-state index is 0.0584. The zero-order valence-electron chi connectivity index (χ0n) is 22.5. The molecular weight excluding hydrogens is 523 g/mol. The highest BCUT2D eigenvalue weighted by Gasteiger charge is 2.37. The second kappa shape index (κ2) is 13.6. The fraction of sp³-hybridized carbons (Fsp3) is 0.414. The van der Waals surface area contributed by atoms with Crippen molar-refractivity contribution in [2.45, 2.75) is 45.4 Å². The van der Waals surface area contributed by atoms with E-state index in [1.54, 1.807) is 18.1 Å². The van der Waals surface area contributed by atoms with Gasteiger partial charge in [-0.05, 0) is 36.6 Å². The van der Waals surface area contributed by atoms with Gasteiger partial charge < -0.3 is 24.4 Å². The molecule has 1 aliphatic rings. The number of amides is 1. The van der Waals surface area contributed by atoms with Crippen LogP contribution >= 0.6 is 11.6 Å². The molecule has 0 aliphatic carbocycles. The maximum absolute atomic E-state index is 13.0. The smallest absolute Gasteiger partial charge is 0.410 e. The number of likely N-dealkylation sites (tertiary alicyclic amines) is 1. The Labute approximate surface area is 233 Å². The van der Waals surface area contributed by atoms with Gasteiger partial charge in [0.1, 0.15) is 24.8 Å². The Morgan fingerprint density at radius 2 is 1.87 bits per heavy atom. The first-order valence-electron chi connectivity index (χ1n) is 13.1. The average Bonchev–Trinajstić information content (AvgIpc) is 3.37. The molecule has 0 radical (unpaired) electrons. The molecule has 1 aromatic heterocycles. The fourth-order valence-corrected chi connectivity index (χ4v) is 4.82. The molecule has 1 fully saturated rings. The van der Waals surface area contributed by atoms with Gasteiger partial charge in [0.25, 0.3) is 0 Å². The van der Waals surface area contributed by atoms with E-state index < -0.39 is 18.9 Å². The van der Waals surface area contributed by atoms with Crippen molar-refractivity contribution >= 4 is 23.5 Å². The van der Waals surface area contributed by atoms with Gasteiger partial charge in [-0.3, -0.25) is 0 Å². The fourth-order valence-electron chi connectivity index (χ4n) is 4.56. The summed E-state index contributed by atoms with van der Waals surface area (Å²) in [4.78, 5) is 24.3. The largest absolute Gasteiger partial charge is 0.497 e. The molecular formula is C29H34ClFN4O4. The van der Waals surface area contributed by atoms with E-state index in [1.807, 2.05) is 56.3 Å². The summed E-state index contributed by atoms with van der Waals surface area (Å²) in [6.45, 7) is 4.11. The van der Waals surface area contributed by atoms with Crippen molar-refractivity contribution in [3.8, 4) is 17.0 Å². The lowest BCUT2D eigenvalue weighted by Gasteiger charge is -2.22. The lowest BCUT2D eigenvalue weighted by Crippen LogP contribution is -2.36. The molecule has 39 heavy (non-hydrogen) atoms. The zero-order valence-corrected chi connectivity index (χ0v) is 23.2. The minimum atomic E-state index is -0.612. The molecule has 1 aliphatic heterocycles. The Bertz CT molecular complexity index is 1260. The van der Waals surface area contributed by atoms with Crippen LogP contribution in [-0.4, -0.2) is 66.6 Å². The monoisotopic (exact) mass is 556 g/mol. The molecule has 10 heteroatoms. The summed E-state index contributed by atoms with van der Waals surface area (Å²) in [6, 6.07) is 14.7. The first-order valence-corrected chi connectivity index (χ1v) is 13.5. The number of aromatic nitrogens is 2. The number of ether oxygens (including phenoxy) is 3. The number of alkyl halides is 1. The molecule has 8 nitrogen and oxygen atoms in total. The number of nitrogens with zero attached hydrogens (tertiary/aromatic N) is 3. The standard InChI is InChI=1S/C29H34ClFN4O4/c1-4-23-27(21-12-11-20(37-3)15-22(21)30)32-24(5-2)28(33-23)34-25-16-35(17-26(25)38-14-13-31)29(36)39-18-19-9-7-6-8-10-19/h6-12,15,25-26H,4-5,13-14,16-18H2,1-3H3,(H,33,34). The Morgan fingerprint density at radius 1 is 1.10 bits per heavy atom. The molecule has 2 heterocycles. The normalized spacial score (nSPS) is 16.8. The Hall–Kier alpha value is -3.43. The Kier molecular flexibility index (Phi) is 9.95. The van der Waals surface area contributed by atoms with Crippen LogP contribution in [0.4, 0.5) is 15.0 Å². The molecule has 3 aromatic rings. The summed E-state index contributed by atoms with van der Waals surface area (Å²) in [6.07, 6.45) is 0.370. The predicted molar refractivity (Wildman–Crippen MR) is 149 cm³/mol. The second-order valence-corrected chi connectivity index (χ2v) is 9.57. The van der Waals surface area contributed by atoms with Crippen LogP contribution in [0.1, 0.15) is 30.8 Å². The number of hydrogen-bond donors (Lipinski definition) is 1. The van der Waals surface area contributed by atoms with E-state index in [0.717, 1.165) is 28.2 Å². The van der Waals surface area contributed by atoms with Gasteiger partial charge >= 0.3 is 6.09 Å². The van der Waals surface area contributed by atoms with Gasteiger partial charge in [-0.15, -0.1) is 0 Å². The summed E-state index contributed by atoms with van der Waals surface area (Å²) < 4.78 is 29.5. The number of benzene rings is 2. The van der Waals surface area contributed by atoms with Crippen LogP contribution in [0.15, 0.2) is 48.5 Å². The highest BCUT2D eigenvalue weighted by molar-refractivity contribution is 6.33. The number of nitrogens with one attached hydrogen (secondary N) is 1. The number of carbonyl (C=O) groups is 1. The van der Waals surface area contributed by atoms with E-state index in [9.17, 15) is 9.18 Å². The molecule has 0 bridgehead atoms.